The molecule has 0 aliphatic carbocycles. The van der Waals surface area contributed by atoms with Crippen LogP contribution in [0.4, 0.5) is 4.39 Å². The Hall–Kier alpha value is -2.49. The number of likely N-dealkylation sites (tertiary alicyclic amines) is 1. The predicted octanol–water partition coefficient (Wildman–Crippen LogP) is 3.84. The van der Waals surface area contributed by atoms with Crippen LogP contribution < -0.4 is 9.46 Å². The molecule has 0 spiro atoms. The lowest BCUT2D eigenvalue weighted by Crippen LogP contribution is -2.34. The second-order valence-corrected chi connectivity index (χ2v) is 10.6. The van der Waals surface area contributed by atoms with Gasteiger partial charge < -0.3 is 14.2 Å². The van der Waals surface area contributed by atoms with Crippen molar-refractivity contribution in [2.24, 2.45) is 0 Å². The summed E-state index contributed by atoms with van der Waals surface area (Å²) in [6, 6.07) is 9.63. The molecule has 2 aromatic carbocycles. The van der Waals surface area contributed by atoms with E-state index in [9.17, 15) is 12.8 Å². The van der Waals surface area contributed by atoms with Crippen LogP contribution in [0.2, 0.25) is 0 Å². The van der Waals surface area contributed by atoms with Crippen molar-refractivity contribution in [1.82, 2.24) is 14.8 Å². The number of fused-ring (bicyclic) bond motifs is 2. The number of piperidine rings is 1. The Morgan fingerprint density at radius 1 is 1.12 bits per heavy atom. The minimum absolute atomic E-state index is 0.303. The van der Waals surface area contributed by atoms with Crippen molar-refractivity contribution in [3.8, 4) is 5.75 Å². The number of nitrogens with zero attached hydrogens (tertiary/aromatic N) is 2. The summed E-state index contributed by atoms with van der Waals surface area (Å²) in [5.41, 5.74) is 2.38. The van der Waals surface area contributed by atoms with E-state index < -0.39 is 10.0 Å². The molecule has 0 unspecified atom stereocenters. The highest BCUT2D eigenvalue weighted by atomic mass is 32.2. The van der Waals surface area contributed by atoms with Crippen molar-refractivity contribution in [2.45, 2.75) is 42.9 Å². The average Bonchev–Trinajstić information content (AvgIpc) is 3.45. The fourth-order valence-electron chi connectivity index (χ4n) is 4.74. The zero-order valence-electron chi connectivity index (χ0n) is 18.4. The van der Waals surface area contributed by atoms with Gasteiger partial charge in [0.05, 0.1) is 17.2 Å². The monoisotopic (exact) mass is 473 g/mol. The van der Waals surface area contributed by atoms with Gasteiger partial charge in [-0.2, -0.15) is 0 Å². The zero-order valence-corrected chi connectivity index (χ0v) is 19.2. The molecule has 2 aliphatic heterocycles. The van der Waals surface area contributed by atoms with E-state index in [0.717, 1.165) is 74.1 Å². The first-order valence-electron chi connectivity index (χ1n) is 11.5. The van der Waals surface area contributed by atoms with Gasteiger partial charge >= 0.3 is 0 Å². The molecule has 0 bridgehead atoms. The molecule has 0 atom stereocenters. The van der Waals surface area contributed by atoms with Crippen LogP contribution in [0.5, 0.6) is 5.75 Å². The molecule has 0 amide bonds. The molecule has 9 heteroatoms. The first-order chi connectivity index (χ1) is 16.0. The lowest BCUT2D eigenvalue weighted by Gasteiger charge is -2.31. The van der Waals surface area contributed by atoms with E-state index in [0.29, 0.717) is 29.5 Å². The minimum atomic E-state index is -3.50. The quantitative estimate of drug-likeness (QED) is 0.501. The molecular formula is C24H28FN3O4S. The summed E-state index contributed by atoms with van der Waals surface area (Å²) in [6.45, 7) is 3.90. The molecule has 176 valence electrons. The zero-order chi connectivity index (χ0) is 22.8. The molecular weight excluding hydrogens is 445 g/mol. The summed E-state index contributed by atoms with van der Waals surface area (Å²) in [6.07, 6.45) is 4.42. The second kappa shape index (κ2) is 9.40. The number of benzene rings is 2. The summed E-state index contributed by atoms with van der Waals surface area (Å²) >= 11 is 0. The van der Waals surface area contributed by atoms with Gasteiger partial charge in [-0.15, -0.1) is 0 Å². The van der Waals surface area contributed by atoms with Crippen molar-refractivity contribution in [3.63, 3.8) is 0 Å². The fourth-order valence-corrected chi connectivity index (χ4v) is 5.86. The SMILES string of the molecule is O=S(=O)(NCCCCN1CCC(c2noc3cc(F)ccc23)CC1)c1ccc2c(c1)CCO2. The summed E-state index contributed by atoms with van der Waals surface area (Å²) in [4.78, 5) is 2.71. The van der Waals surface area contributed by atoms with Crippen LogP contribution in [0, 0.1) is 5.82 Å². The smallest absolute Gasteiger partial charge is 0.240 e. The van der Waals surface area contributed by atoms with Crippen LogP contribution in [0.1, 0.15) is 42.9 Å². The van der Waals surface area contributed by atoms with E-state index in [2.05, 4.69) is 14.8 Å². The number of aromatic nitrogens is 1. The molecule has 3 heterocycles. The number of ether oxygens (including phenoxy) is 1. The Balaban J connectivity index is 1.05. The molecule has 5 rings (SSSR count). The van der Waals surface area contributed by atoms with Gasteiger partial charge in [0.1, 0.15) is 11.6 Å². The highest BCUT2D eigenvalue weighted by molar-refractivity contribution is 7.89. The van der Waals surface area contributed by atoms with Gasteiger partial charge in [-0.1, -0.05) is 5.16 Å². The van der Waals surface area contributed by atoms with Crippen molar-refractivity contribution in [3.05, 3.63) is 53.5 Å². The Bertz CT molecular complexity index is 1240. The van der Waals surface area contributed by atoms with Crippen molar-refractivity contribution in [1.29, 1.82) is 0 Å². The summed E-state index contributed by atoms with van der Waals surface area (Å²) in [5.74, 6) is 0.782. The Labute approximate surface area is 192 Å². The molecule has 1 fully saturated rings. The summed E-state index contributed by atoms with van der Waals surface area (Å²) < 4.78 is 52.0. The van der Waals surface area contributed by atoms with Gasteiger partial charge in [0.25, 0.3) is 0 Å². The number of hydrogen-bond acceptors (Lipinski definition) is 6. The third kappa shape index (κ3) is 4.90. The third-order valence-electron chi connectivity index (χ3n) is 6.60. The predicted molar refractivity (Wildman–Crippen MR) is 122 cm³/mol. The number of nitrogens with one attached hydrogen (secondary N) is 1. The lowest BCUT2D eigenvalue weighted by molar-refractivity contribution is 0.206. The molecule has 1 N–H and O–H groups in total. The maximum absolute atomic E-state index is 13.4. The van der Waals surface area contributed by atoms with Crippen LogP contribution in [0.15, 0.2) is 45.8 Å². The van der Waals surface area contributed by atoms with E-state index >= 15 is 0 Å². The average molecular weight is 474 g/mol. The van der Waals surface area contributed by atoms with Crippen LogP contribution in [-0.2, 0) is 16.4 Å². The molecule has 7 nitrogen and oxygen atoms in total. The van der Waals surface area contributed by atoms with Crippen LogP contribution in [0.25, 0.3) is 11.0 Å². The molecule has 1 saturated heterocycles. The highest BCUT2D eigenvalue weighted by Crippen LogP contribution is 2.33. The van der Waals surface area contributed by atoms with Crippen molar-refractivity contribution in [2.75, 3.05) is 32.8 Å². The van der Waals surface area contributed by atoms with Gasteiger partial charge in [0.2, 0.25) is 10.0 Å². The lowest BCUT2D eigenvalue weighted by atomic mass is 9.91. The van der Waals surface area contributed by atoms with Crippen molar-refractivity contribution < 1.29 is 22.1 Å². The normalized spacial score (nSPS) is 17.4. The first kappa shape index (κ1) is 22.3. The fraction of sp³-hybridized carbons (Fsp3) is 0.458. The minimum Gasteiger partial charge on any atom is -0.493 e. The van der Waals surface area contributed by atoms with Gasteiger partial charge in [0.15, 0.2) is 5.58 Å². The number of halogens is 1. The van der Waals surface area contributed by atoms with Crippen LogP contribution in [0.3, 0.4) is 0 Å². The Morgan fingerprint density at radius 2 is 1.97 bits per heavy atom. The highest BCUT2D eigenvalue weighted by Gasteiger charge is 2.25. The molecule has 3 aromatic rings. The Morgan fingerprint density at radius 3 is 2.82 bits per heavy atom. The molecule has 1 aromatic heterocycles. The maximum atomic E-state index is 13.4. The van der Waals surface area contributed by atoms with E-state index in [1.54, 1.807) is 24.3 Å². The van der Waals surface area contributed by atoms with Gasteiger partial charge in [-0.3, -0.25) is 0 Å². The largest absolute Gasteiger partial charge is 0.493 e. The van der Waals surface area contributed by atoms with E-state index in [1.807, 2.05) is 0 Å². The number of unbranched alkanes of at least 4 members (excludes halogenated alkanes) is 1. The van der Waals surface area contributed by atoms with Gasteiger partial charge in [0, 0.05) is 30.3 Å². The van der Waals surface area contributed by atoms with Crippen LogP contribution >= 0.6 is 0 Å². The van der Waals surface area contributed by atoms with E-state index in [-0.39, 0.29) is 5.82 Å². The van der Waals surface area contributed by atoms with E-state index in [1.165, 1.54) is 12.1 Å². The maximum Gasteiger partial charge on any atom is 0.240 e. The molecule has 2 aliphatic rings. The van der Waals surface area contributed by atoms with Gasteiger partial charge in [-0.25, -0.2) is 17.5 Å². The number of rotatable bonds is 8. The Kier molecular flexibility index (Phi) is 6.36. The molecule has 0 saturated carbocycles. The summed E-state index contributed by atoms with van der Waals surface area (Å²) in [5, 5.41) is 5.11. The van der Waals surface area contributed by atoms with Crippen LogP contribution in [-0.4, -0.2) is 51.3 Å². The third-order valence-corrected chi connectivity index (χ3v) is 8.06. The first-order valence-corrected chi connectivity index (χ1v) is 13.0. The summed E-state index contributed by atoms with van der Waals surface area (Å²) in [7, 11) is -3.50. The standard InChI is InChI=1S/C24H28FN3O4S/c25-19-3-5-21-23(16-19)32-27-24(21)17-7-12-28(13-8-17)11-2-1-10-26-33(29,30)20-4-6-22-18(15-20)9-14-31-22/h3-6,15-17,26H,1-2,7-14H2. The van der Waals surface area contributed by atoms with Gasteiger partial charge in [-0.05, 0) is 81.2 Å². The number of sulfonamides is 1. The van der Waals surface area contributed by atoms with E-state index in [4.69, 9.17) is 9.26 Å². The second-order valence-electron chi connectivity index (χ2n) is 8.80. The topological polar surface area (TPSA) is 84.7 Å². The molecule has 33 heavy (non-hydrogen) atoms. The number of hydrogen-bond donors (Lipinski definition) is 1. The molecule has 0 radical (unpaired) electrons. The van der Waals surface area contributed by atoms with Crippen molar-refractivity contribution >= 4 is 21.0 Å².